The van der Waals surface area contributed by atoms with E-state index in [1.165, 1.54) is 6.04 Å². The first-order valence-corrected chi connectivity index (χ1v) is 6.07. The Morgan fingerprint density at radius 2 is 1.75 bits per heavy atom. The van der Waals surface area contributed by atoms with Gasteiger partial charge >= 0.3 is 23.1 Å². The zero-order valence-electron chi connectivity index (χ0n) is 8.69. The third-order valence-electron chi connectivity index (χ3n) is 1.30. The van der Waals surface area contributed by atoms with Crippen LogP contribution in [-0.2, 0) is 4.43 Å². The number of hydrogen-bond acceptors (Lipinski definition) is 1. The van der Waals surface area contributed by atoms with Crippen molar-refractivity contribution in [2.24, 2.45) is 0 Å². The molecule has 12 heavy (non-hydrogen) atoms. The summed E-state index contributed by atoms with van der Waals surface area (Å²) in [4.78, 5) is 0. The van der Waals surface area contributed by atoms with E-state index in [9.17, 15) is 0 Å². The summed E-state index contributed by atoms with van der Waals surface area (Å²) in [6, 6.07) is 2.20. The zero-order valence-corrected chi connectivity index (χ0v) is 13.4. The van der Waals surface area contributed by atoms with Crippen LogP contribution in [0.3, 0.4) is 0 Å². The zero-order chi connectivity index (χ0) is 8.20. The van der Waals surface area contributed by atoms with Gasteiger partial charge in [0.25, 0.3) is 0 Å². The van der Waals surface area contributed by atoms with Crippen molar-refractivity contribution in [3.05, 3.63) is 6.92 Å². The van der Waals surface area contributed by atoms with Gasteiger partial charge in [0.1, 0.15) is 9.04 Å². The van der Waals surface area contributed by atoms with Crippen molar-refractivity contribution in [2.75, 3.05) is 0 Å². The van der Waals surface area contributed by atoms with E-state index in [1.807, 2.05) is 0 Å². The van der Waals surface area contributed by atoms with Gasteiger partial charge in [-0.1, -0.05) is 6.92 Å². The SMILES string of the molecule is [CH2-]C[SiH](CC)OC(C)(C)C.[I-].[Mg+2]. The van der Waals surface area contributed by atoms with E-state index in [0.29, 0.717) is 0 Å². The molecule has 0 saturated carbocycles. The summed E-state index contributed by atoms with van der Waals surface area (Å²) < 4.78 is 5.81. The molecular formula is C8H19IMgOSi. The first-order valence-electron chi connectivity index (χ1n) is 3.96. The summed E-state index contributed by atoms with van der Waals surface area (Å²) in [5.41, 5.74) is 0.0462. The van der Waals surface area contributed by atoms with Crippen LogP contribution in [0.1, 0.15) is 27.7 Å². The normalized spacial score (nSPS) is 12.8. The summed E-state index contributed by atoms with van der Waals surface area (Å²) in [7, 11) is -0.928. The van der Waals surface area contributed by atoms with E-state index >= 15 is 0 Å². The Hall–Kier alpha value is 1.67. The van der Waals surface area contributed by atoms with Crippen LogP contribution >= 0.6 is 0 Å². The number of rotatable bonds is 3. The van der Waals surface area contributed by atoms with Gasteiger partial charge in [-0.05, 0) is 26.8 Å². The molecule has 0 spiro atoms. The van der Waals surface area contributed by atoms with E-state index in [-0.39, 0.29) is 52.6 Å². The summed E-state index contributed by atoms with van der Waals surface area (Å²) >= 11 is 0. The van der Waals surface area contributed by atoms with Gasteiger partial charge in [-0.15, -0.1) is 0 Å². The molecule has 0 amide bonds. The van der Waals surface area contributed by atoms with E-state index in [1.54, 1.807) is 0 Å². The molecule has 0 saturated heterocycles. The molecule has 0 fully saturated rings. The van der Waals surface area contributed by atoms with Crippen molar-refractivity contribution >= 4 is 32.1 Å². The Morgan fingerprint density at radius 3 is 1.83 bits per heavy atom. The van der Waals surface area contributed by atoms with Gasteiger partial charge in [-0.3, -0.25) is 0 Å². The van der Waals surface area contributed by atoms with Crippen LogP contribution in [0.25, 0.3) is 0 Å². The van der Waals surface area contributed by atoms with Gasteiger partial charge in [0.2, 0.25) is 0 Å². The van der Waals surface area contributed by atoms with Crippen LogP contribution in [0.15, 0.2) is 0 Å². The van der Waals surface area contributed by atoms with Gasteiger partial charge < -0.3 is 35.3 Å². The summed E-state index contributed by atoms with van der Waals surface area (Å²) in [6.45, 7) is 12.4. The van der Waals surface area contributed by atoms with E-state index < -0.39 is 9.04 Å². The molecule has 0 aromatic rings. The van der Waals surface area contributed by atoms with E-state index in [2.05, 4.69) is 34.6 Å². The second-order valence-corrected chi connectivity index (χ2v) is 6.42. The average molecular weight is 311 g/mol. The second kappa shape index (κ2) is 9.24. The summed E-state index contributed by atoms with van der Waals surface area (Å²) in [5, 5.41) is 0. The van der Waals surface area contributed by atoms with Gasteiger partial charge in [0.05, 0.1) is 0 Å². The molecule has 1 nitrogen and oxygen atoms in total. The van der Waals surface area contributed by atoms with Crippen molar-refractivity contribution in [3.63, 3.8) is 0 Å². The first-order chi connectivity index (χ1) is 4.49. The van der Waals surface area contributed by atoms with Crippen molar-refractivity contribution in [3.8, 4) is 0 Å². The summed E-state index contributed by atoms with van der Waals surface area (Å²) in [6.07, 6.45) is 0. The van der Waals surface area contributed by atoms with Gasteiger partial charge in [0.15, 0.2) is 0 Å². The minimum absolute atomic E-state index is 0. The fraction of sp³-hybridized carbons (Fsp3) is 0.875. The Kier molecular flexibility index (Phi) is 14.8. The van der Waals surface area contributed by atoms with E-state index in [0.717, 1.165) is 6.04 Å². The molecule has 0 aliphatic rings. The molecule has 0 aromatic carbocycles. The maximum absolute atomic E-state index is 5.81. The van der Waals surface area contributed by atoms with Crippen LogP contribution in [0.5, 0.6) is 0 Å². The van der Waals surface area contributed by atoms with E-state index in [4.69, 9.17) is 4.43 Å². The monoisotopic (exact) mass is 310 g/mol. The van der Waals surface area contributed by atoms with Gasteiger partial charge in [-0.25, -0.2) is 0 Å². The predicted octanol–water partition coefficient (Wildman–Crippen LogP) is -0.998. The maximum atomic E-state index is 5.81. The Labute approximate surface area is 112 Å². The predicted molar refractivity (Wildman–Crippen MR) is 54.4 cm³/mol. The largest absolute Gasteiger partial charge is 2.00 e. The smallest absolute Gasteiger partial charge is 1.00 e. The molecule has 0 N–H and O–H groups in total. The second-order valence-electron chi connectivity index (χ2n) is 3.55. The van der Waals surface area contributed by atoms with Gasteiger partial charge in [0, 0.05) is 5.60 Å². The topological polar surface area (TPSA) is 9.23 Å². The molecule has 0 radical (unpaired) electrons. The molecule has 70 valence electrons. The van der Waals surface area contributed by atoms with Crippen molar-refractivity contribution in [2.45, 2.75) is 45.4 Å². The minimum Gasteiger partial charge on any atom is -1.00 e. The minimum atomic E-state index is -0.928. The fourth-order valence-electron chi connectivity index (χ4n) is 0.846. The quantitative estimate of drug-likeness (QED) is 0.369. The maximum Gasteiger partial charge on any atom is 2.00 e. The van der Waals surface area contributed by atoms with Crippen LogP contribution < -0.4 is 24.0 Å². The molecule has 0 aromatic heterocycles. The average Bonchev–Trinajstić information content (AvgIpc) is 1.81. The molecule has 1 atom stereocenters. The summed E-state index contributed by atoms with van der Waals surface area (Å²) in [5.74, 6) is 0. The number of hydrogen-bond donors (Lipinski definition) is 0. The van der Waals surface area contributed by atoms with Gasteiger partial charge in [-0.2, -0.15) is 6.04 Å². The molecule has 0 heterocycles. The Bertz CT molecular complexity index is 91.5. The van der Waals surface area contributed by atoms with Crippen LogP contribution in [0.2, 0.25) is 12.1 Å². The Morgan fingerprint density at radius 1 is 1.33 bits per heavy atom. The van der Waals surface area contributed by atoms with Crippen molar-refractivity contribution in [1.82, 2.24) is 0 Å². The first kappa shape index (κ1) is 19.3. The molecule has 0 rings (SSSR count). The molecule has 4 heteroatoms. The molecule has 0 aliphatic heterocycles. The fourth-order valence-corrected chi connectivity index (χ4v) is 2.54. The van der Waals surface area contributed by atoms with Crippen LogP contribution in [-0.4, -0.2) is 37.7 Å². The standard InChI is InChI=1S/C8H19OSi.HI.Mg/c1-6-10(7-2)9-8(3,4)5;;/h10H,1,6-7H2,2-5H3;1H;/q-1;;+2/p-1. The van der Waals surface area contributed by atoms with Crippen molar-refractivity contribution in [1.29, 1.82) is 0 Å². The third-order valence-corrected chi connectivity index (χ3v) is 3.89. The molecule has 0 aliphatic carbocycles. The third kappa shape index (κ3) is 11.7. The Balaban J connectivity index is -0.000000405. The molecular weight excluding hydrogens is 291 g/mol. The van der Waals surface area contributed by atoms with Crippen LogP contribution in [0.4, 0.5) is 0 Å². The van der Waals surface area contributed by atoms with Crippen LogP contribution in [0, 0.1) is 6.92 Å². The number of halogens is 1. The van der Waals surface area contributed by atoms with Crippen molar-refractivity contribution < 1.29 is 28.4 Å². The molecule has 1 unspecified atom stereocenters. The molecule has 0 bridgehead atoms.